The van der Waals surface area contributed by atoms with Crippen LogP contribution in [0.2, 0.25) is 10.0 Å². The van der Waals surface area contributed by atoms with Crippen molar-refractivity contribution in [1.82, 2.24) is 0 Å². The van der Waals surface area contributed by atoms with Crippen LogP contribution in [0.4, 0.5) is 0 Å². The molecule has 1 aliphatic carbocycles. The first-order chi connectivity index (χ1) is 9.63. The summed E-state index contributed by atoms with van der Waals surface area (Å²) in [5, 5.41) is 1.14. The highest BCUT2D eigenvalue weighted by Crippen LogP contribution is 2.31. The van der Waals surface area contributed by atoms with Crippen molar-refractivity contribution >= 4 is 34.8 Å². The van der Waals surface area contributed by atoms with Crippen molar-refractivity contribution in [3.05, 3.63) is 68.7 Å². The molecule has 0 amide bonds. The van der Waals surface area contributed by atoms with Crippen LogP contribution in [0.5, 0.6) is 0 Å². The topological polar surface area (TPSA) is 0 Å². The van der Waals surface area contributed by atoms with E-state index in [2.05, 4.69) is 18.2 Å². The fourth-order valence-corrected chi connectivity index (χ4v) is 3.41. The van der Waals surface area contributed by atoms with E-state index >= 15 is 0 Å². The highest BCUT2D eigenvalue weighted by atomic mass is 35.5. The molecule has 3 heteroatoms. The number of aryl methyl sites for hydroxylation is 2. The van der Waals surface area contributed by atoms with Gasteiger partial charge in [-0.1, -0.05) is 47.5 Å². The van der Waals surface area contributed by atoms with Crippen LogP contribution in [0.3, 0.4) is 0 Å². The Morgan fingerprint density at radius 3 is 2.50 bits per heavy atom. The fourth-order valence-electron chi connectivity index (χ4n) is 2.78. The number of hydrogen-bond acceptors (Lipinski definition) is 0. The van der Waals surface area contributed by atoms with Gasteiger partial charge in [-0.05, 0) is 60.1 Å². The summed E-state index contributed by atoms with van der Waals surface area (Å²) in [6.07, 6.45) is 4.41. The third-order valence-electron chi connectivity index (χ3n) is 3.88. The molecular weight excluding hydrogens is 311 g/mol. The van der Waals surface area contributed by atoms with Crippen LogP contribution >= 0.6 is 34.8 Å². The third-order valence-corrected chi connectivity index (χ3v) is 5.03. The molecule has 2 aromatic rings. The molecule has 0 aromatic heterocycles. The van der Waals surface area contributed by atoms with E-state index in [9.17, 15) is 0 Å². The summed E-state index contributed by atoms with van der Waals surface area (Å²) in [6, 6.07) is 12.3. The molecule has 0 bridgehead atoms. The summed E-state index contributed by atoms with van der Waals surface area (Å²) >= 11 is 18.5. The fraction of sp³-hybridized carbons (Fsp3) is 0.294. The van der Waals surface area contributed by atoms with Gasteiger partial charge in [0.25, 0.3) is 0 Å². The van der Waals surface area contributed by atoms with Crippen LogP contribution in [0.1, 0.15) is 34.1 Å². The molecule has 0 radical (unpaired) electrons. The Morgan fingerprint density at radius 2 is 1.70 bits per heavy atom. The number of fused-ring (bicyclic) bond motifs is 1. The summed E-state index contributed by atoms with van der Waals surface area (Å²) in [6.45, 7) is 0. The maximum absolute atomic E-state index is 6.56. The van der Waals surface area contributed by atoms with Crippen molar-refractivity contribution in [2.75, 3.05) is 0 Å². The normalized spacial score (nSPS) is 15.2. The number of benzene rings is 2. The Bertz CT molecular complexity index is 634. The van der Waals surface area contributed by atoms with E-state index in [4.69, 9.17) is 34.8 Å². The van der Waals surface area contributed by atoms with Crippen LogP contribution in [0.15, 0.2) is 36.4 Å². The molecule has 1 aliphatic rings. The van der Waals surface area contributed by atoms with Gasteiger partial charge in [-0.3, -0.25) is 0 Å². The zero-order valence-electron chi connectivity index (χ0n) is 11.0. The lowest BCUT2D eigenvalue weighted by Crippen LogP contribution is -1.97. The summed E-state index contributed by atoms with van der Waals surface area (Å²) in [4.78, 5) is 0. The second kappa shape index (κ2) is 5.97. The van der Waals surface area contributed by atoms with E-state index in [1.54, 1.807) is 0 Å². The van der Waals surface area contributed by atoms with Crippen molar-refractivity contribution in [3.8, 4) is 0 Å². The Balaban J connectivity index is 1.78. The van der Waals surface area contributed by atoms with E-state index < -0.39 is 0 Å². The first-order valence-corrected chi connectivity index (χ1v) is 8.02. The first kappa shape index (κ1) is 14.3. The van der Waals surface area contributed by atoms with E-state index in [0.717, 1.165) is 12.0 Å². The lowest BCUT2D eigenvalue weighted by atomic mass is 10.00. The second-order valence-electron chi connectivity index (χ2n) is 5.30. The van der Waals surface area contributed by atoms with Gasteiger partial charge in [-0.2, -0.15) is 0 Å². The molecule has 1 atom stereocenters. The van der Waals surface area contributed by atoms with Gasteiger partial charge < -0.3 is 0 Å². The standard InChI is InChI=1S/C17H15Cl3/c18-15-7-4-11(9-17(15)20)8-16(19)14-6-5-12-2-1-3-13(12)10-14/h4-7,9-10,16H,1-3,8H2. The summed E-state index contributed by atoms with van der Waals surface area (Å²) in [5.74, 6) is 0. The lowest BCUT2D eigenvalue weighted by Gasteiger charge is -2.12. The summed E-state index contributed by atoms with van der Waals surface area (Å²) < 4.78 is 0. The van der Waals surface area contributed by atoms with Gasteiger partial charge in [0.15, 0.2) is 0 Å². The van der Waals surface area contributed by atoms with E-state index in [-0.39, 0.29) is 5.38 Å². The number of halogens is 3. The molecule has 0 spiro atoms. The number of rotatable bonds is 3. The highest BCUT2D eigenvalue weighted by molar-refractivity contribution is 6.42. The molecule has 0 nitrogen and oxygen atoms in total. The van der Waals surface area contributed by atoms with Gasteiger partial charge >= 0.3 is 0 Å². The van der Waals surface area contributed by atoms with Gasteiger partial charge in [0.1, 0.15) is 0 Å². The van der Waals surface area contributed by atoms with E-state index in [1.165, 1.54) is 36.0 Å². The van der Waals surface area contributed by atoms with Crippen molar-refractivity contribution in [3.63, 3.8) is 0 Å². The van der Waals surface area contributed by atoms with Gasteiger partial charge in [0.2, 0.25) is 0 Å². The van der Waals surface area contributed by atoms with Crippen LogP contribution in [0.25, 0.3) is 0 Å². The predicted molar refractivity (Wildman–Crippen MR) is 87.2 cm³/mol. The number of alkyl halides is 1. The minimum Gasteiger partial charge on any atom is -0.117 e. The van der Waals surface area contributed by atoms with E-state index in [1.807, 2.05) is 18.2 Å². The SMILES string of the molecule is Clc1ccc(CC(Cl)c2ccc3c(c2)CCC3)cc1Cl. The van der Waals surface area contributed by atoms with E-state index in [0.29, 0.717) is 10.0 Å². The van der Waals surface area contributed by atoms with Gasteiger partial charge in [0, 0.05) is 0 Å². The molecule has 1 unspecified atom stereocenters. The maximum atomic E-state index is 6.56. The molecule has 0 saturated carbocycles. The minimum absolute atomic E-state index is 0.0295. The third kappa shape index (κ3) is 2.98. The predicted octanol–water partition coefficient (Wildman–Crippen LogP) is 6.00. The summed E-state index contributed by atoms with van der Waals surface area (Å²) in [5.41, 5.74) is 5.24. The molecular formula is C17H15Cl3. The second-order valence-corrected chi connectivity index (χ2v) is 6.64. The van der Waals surface area contributed by atoms with Crippen molar-refractivity contribution in [1.29, 1.82) is 0 Å². The lowest BCUT2D eigenvalue weighted by molar-refractivity contribution is 0.905. The van der Waals surface area contributed by atoms with Gasteiger partial charge in [-0.25, -0.2) is 0 Å². The molecule has 3 rings (SSSR count). The number of hydrogen-bond donors (Lipinski definition) is 0. The first-order valence-electron chi connectivity index (χ1n) is 6.83. The maximum Gasteiger partial charge on any atom is 0.0625 e. The molecule has 0 heterocycles. The molecule has 0 aliphatic heterocycles. The molecule has 0 fully saturated rings. The monoisotopic (exact) mass is 324 g/mol. The molecule has 104 valence electrons. The average molecular weight is 326 g/mol. The molecule has 2 aromatic carbocycles. The van der Waals surface area contributed by atoms with Crippen molar-refractivity contribution in [2.45, 2.75) is 31.1 Å². The van der Waals surface area contributed by atoms with Crippen molar-refractivity contribution in [2.24, 2.45) is 0 Å². The minimum atomic E-state index is -0.0295. The Labute approximate surface area is 134 Å². The van der Waals surface area contributed by atoms with Gasteiger partial charge in [0.05, 0.1) is 15.4 Å². The van der Waals surface area contributed by atoms with Gasteiger partial charge in [-0.15, -0.1) is 11.6 Å². The highest BCUT2D eigenvalue weighted by Gasteiger charge is 2.15. The largest absolute Gasteiger partial charge is 0.117 e. The van der Waals surface area contributed by atoms with Crippen molar-refractivity contribution < 1.29 is 0 Å². The Kier molecular flexibility index (Phi) is 4.26. The Morgan fingerprint density at radius 1 is 0.900 bits per heavy atom. The van der Waals surface area contributed by atoms with Crippen LogP contribution in [-0.2, 0) is 19.3 Å². The average Bonchev–Trinajstić information content (AvgIpc) is 2.90. The summed E-state index contributed by atoms with van der Waals surface area (Å²) in [7, 11) is 0. The zero-order chi connectivity index (χ0) is 14.1. The zero-order valence-corrected chi connectivity index (χ0v) is 13.3. The van der Waals surface area contributed by atoms with Crippen LogP contribution in [0, 0.1) is 0 Å². The Hall–Kier alpha value is -0.690. The van der Waals surface area contributed by atoms with Crippen LogP contribution in [-0.4, -0.2) is 0 Å². The quantitative estimate of drug-likeness (QED) is 0.607. The molecule has 20 heavy (non-hydrogen) atoms. The smallest absolute Gasteiger partial charge is 0.0625 e. The van der Waals surface area contributed by atoms with Crippen LogP contribution < -0.4 is 0 Å². The molecule has 0 N–H and O–H groups in total. The molecule has 0 saturated heterocycles.